The summed E-state index contributed by atoms with van der Waals surface area (Å²) in [6.07, 6.45) is 0. The van der Waals surface area contributed by atoms with Gasteiger partial charge in [0.05, 0.1) is 17.4 Å². The molecule has 2 aromatic rings. The first-order chi connectivity index (χ1) is 9.66. The fourth-order valence-electron chi connectivity index (χ4n) is 2.93. The first kappa shape index (κ1) is 12.9. The minimum atomic E-state index is 0.327. The van der Waals surface area contributed by atoms with Crippen molar-refractivity contribution in [1.82, 2.24) is 0 Å². The van der Waals surface area contributed by atoms with Gasteiger partial charge in [0.2, 0.25) is 0 Å². The van der Waals surface area contributed by atoms with E-state index in [1.807, 2.05) is 12.1 Å². The number of nitrogens with zero attached hydrogens (tertiary/aromatic N) is 2. The fourth-order valence-corrected chi connectivity index (χ4v) is 2.93. The Hall–Kier alpha value is -2.16. The second-order valence-corrected chi connectivity index (χ2v) is 5.45. The van der Waals surface area contributed by atoms with Crippen LogP contribution in [0.25, 0.3) is 0 Å². The van der Waals surface area contributed by atoms with E-state index < -0.39 is 0 Å². The molecule has 0 saturated carbocycles. The first-order valence-corrected chi connectivity index (χ1v) is 7.09. The third kappa shape index (κ3) is 2.20. The summed E-state index contributed by atoms with van der Waals surface area (Å²) in [7, 11) is 2.15. The largest absolute Gasteiger partial charge is 0.399 e. The van der Waals surface area contributed by atoms with E-state index >= 15 is 0 Å². The van der Waals surface area contributed by atoms with Crippen LogP contribution in [0.15, 0.2) is 48.5 Å². The lowest BCUT2D eigenvalue weighted by molar-refractivity contribution is 0.644. The van der Waals surface area contributed by atoms with Gasteiger partial charge in [-0.05, 0) is 36.8 Å². The Balaban J connectivity index is 1.97. The predicted octanol–water partition coefficient (Wildman–Crippen LogP) is 3.29. The molecule has 1 aliphatic heterocycles. The summed E-state index contributed by atoms with van der Waals surface area (Å²) < 4.78 is 0. The zero-order valence-corrected chi connectivity index (χ0v) is 12.1. The van der Waals surface area contributed by atoms with Crippen molar-refractivity contribution in [3.63, 3.8) is 0 Å². The van der Waals surface area contributed by atoms with Crippen LogP contribution >= 0.6 is 0 Å². The van der Waals surface area contributed by atoms with Crippen molar-refractivity contribution in [2.45, 2.75) is 13.0 Å². The van der Waals surface area contributed by atoms with Crippen molar-refractivity contribution in [3.05, 3.63) is 54.1 Å². The maximum absolute atomic E-state index is 5.92. The number of hydrogen-bond donors (Lipinski definition) is 1. The maximum atomic E-state index is 5.92. The molecule has 1 heterocycles. The van der Waals surface area contributed by atoms with Gasteiger partial charge in [-0.3, -0.25) is 0 Å². The molecule has 0 fully saturated rings. The van der Waals surface area contributed by atoms with E-state index in [9.17, 15) is 0 Å². The number of rotatable bonds is 2. The maximum Gasteiger partial charge on any atom is 0.0609 e. The smallest absolute Gasteiger partial charge is 0.0609 e. The molecule has 20 heavy (non-hydrogen) atoms. The minimum absolute atomic E-state index is 0.327. The van der Waals surface area contributed by atoms with Gasteiger partial charge in [0, 0.05) is 25.8 Å². The van der Waals surface area contributed by atoms with Crippen LogP contribution in [0.3, 0.4) is 0 Å². The van der Waals surface area contributed by atoms with E-state index in [4.69, 9.17) is 5.73 Å². The molecule has 0 saturated heterocycles. The Labute approximate surface area is 120 Å². The van der Waals surface area contributed by atoms with E-state index in [-0.39, 0.29) is 0 Å². The number of nitrogen functional groups attached to an aromatic ring is 1. The molecule has 0 spiro atoms. The van der Waals surface area contributed by atoms with Gasteiger partial charge in [-0.15, -0.1) is 0 Å². The molecule has 3 rings (SSSR count). The topological polar surface area (TPSA) is 32.5 Å². The monoisotopic (exact) mass is 267 g/mol. The van der Waals surface area contributed by atoms with Crippen LogP contribution in [0.5, 0.6) is 0 Å². The van der Waals surface area contributed by atoms with Gasteiger partial charge in [-0.1, -0.05) is 24.3 Å². The zero-order chi connectivity index (χ0) is 14.1. The highest BCUT2D eigenvalue weighted by molar-refractivity contribution is 5.73. The molecular weight excluding hydrogens is 246 g/mol. The summed E-state index contributed by atoms with van der Waals surface area (Å²) in [4.78, 5) is 4.78. The standard InChI is InChI=1S/C17H21N3/c1-13(14-6-5-7-15(18)12-14)20-11-10-19(2)16-8-3-4-9-17(16)20/h3-9,12-13H,10-11,18H2,1-2H3. The fraction of sp³-hybridized carbons (Fsp3) is 0.294. The van der Waals surface area contributed by atoms with Gasteiger partial charge < -0.3 is 15.5 Å². The van der Waals surface area contributed by atoms with Crippen molar-refractivity contribution < 1.29 is 0 Å². The summed E-state index contributed by atoms with van der Waals surface area (Å²) in [5.74, 6) is 0. The van der Waals surface area contributed by atoms with E-state index in [0.717, 1.165) is 18.8 Å². The average Bonchev–Trinajstić information content (AvgIpc) is 2.47. The van der Waals surface area contributed by atoms with Crippen molar-refractivity contribution in [2.75, 3.05) is 35.7 Å². The number of para-hydroxylation sites is 2. The van der Waals surface area contributed by atoms with E-state index in [2.05, 4.69) is 60.2 Å². The van der Waals surface area contributed by atoms with Crippen LogP contribution < -0.4 is 15.5 Å². The van der Waals surface area contributed by atoms with Crippen LogP contribution in [0.1, 0.15) is 18.5 Å². The zero-order valence-electron chi connectivity index (χ0n) is 12.1. The van der Waals surface area contributed by atoms with Crippen molar-refractivity contribution in [2.24, 2.45) is 0 Å². The molecule has 2 N–H and O–H groups in total. The number of benzene rings is 2. The number of nitrogens with two attached hydrogens (primary N) is 1. The summed E-state index contributed by atoms with van der Waals surface area (Å²) in [6, 6.07) is 17.1. The summed E-state index contributed by atoms with van der Waals surface area (Å²) in [6.45, 7) is 4.32. The van der Waals surface area contributed by atoms with Crippen LogP contribution in [0.4, 0.5) is 17.1 Å². The minimum Gasteiger partial charge on any atom is -0.399 e. The van der Waals surface area contributed by atoms with Gasteiger partial charge >= 0.3 is 0 Å². The van der Waals surface area contributed by atoms with Gasteiger partial charge in [0.1, 0.15) is 0 Å². The van der Waals surface area contributed by atoms with Gasteiger partial charge in [-0.2, -0.15) is 0 Å². The quantitative estimate of drug-likeness (QED) is 0.847. The lowest BCUT2D eigenvalue weighted by Crippen LogP contribution is -2.40. The number of hydrogen-bond acceptors (Lipinski definition) is 3. The molecule has 1 aliphatic rings. The molecule has 0 bridgehead atoms. The second-order valence-electron chi connectivity index (χ2n) is 5.45. The highest BCUT2D eigenvalue weighted by Gasteiger charge is 2.24. The number of fused-ring (bicyclic) bond motifs is 1. The Morgan fingerprint density at radius 1 is 1.00 bits per heavy atom. The molecule has 2 aromatic carbocycles. The average molecular weight is 267 g/mol. The lowest BCUT2D eigenvalue weighted by atomic mass is 10.0. The van der Waals surface area contributed by atoms with E-state index in [0.29, 0.717) is 6.04 Å². The number of anilines is 3. The van der Waals surface area contributed by atoms with Gasteiger partial charge in [0.25, 0.3) is 0 Å². The molecule has 0 aliphatic carbocycles. The Morgan fingerprint density at radius 3 is 2.50 bits per heavy atom. The molecule has 3 heteroatoms. The van der Waals surface area contributed by atoms with Crippen molar-refractivity contribution in [3.8, 4) is 0 Å². The molecule has 0 aromatic heterocycles. The molecule has 0 radical (unpaired) electrons. The van der Waals surface area contributed by atoms with Crippen LogP contribution in [-0.4, -0.2) is 20.1 Å². The predicted molar refractivity (Wildman–Crippen MR) is 86.3 cm³/mol. The third-order valence-corrected chi connectivity index (χ3v) is 4.14. The lowest BCUT2D eigenvalue weighted by Gasteiger charge is -2.40. The highest BCUT2D eigenvalue weighted by Crippen LogP contribution is 2.37. The van der Waals surface area contributed by atoms with Gasteiger partial charge in [-0.25, -0.2) is 0 Å². The van der Waals surface area contributed by atoms with Crippen molar-refractivity contribution in [1.29, 1.82) is 0 Å². The van der Waals surface area contributed by atoms with Crippen molar-refractivity contribution >= 4 is 17.1 Å². The molecule has 104 valence electrons. The van der Waals surface area contributed by atoms with Gasteiger partial charge in [0.15, 0.2) is 0 Å². The second kappa shape index (κ2) is 5.08. The Kier molecular flexibility index (Phi) is 3.26. The normalized spacial score (nSPS) is 15.9. The van der Waals surface area contributed by atoms with Crippen LogP contribution in [0.2, 0.25) is 0 Å². The summed E-state index contributed by atoms with van der Waals surface area (Å²) in [5.41, 5.74) is 10.6. The first-order valence-electron chi connectivity index (χ1n) is 7.09. The SMILES string of the molecule is CC(c1cccc(N)c1)N1CCN(C)c2ccccc21. The Bertz CT molecular complexity index is 609. The molecule has 0 amide bonds. The van der Waals surface area contributed by atoms with Crippen LogP contribution in [-0.2, 0) is 0 Å². The van der Waals surface area contributed by atoms with E-state index in [1.165, 1.54) is 16.9 Å². The van der Waals surface area contributed by atoms with E-state index in [1.54, 1.807) is 0 Å². The molecule has 3 nitrogen and oxygen atoms in total. The Morgan fingerprint density at radius 2 is 1.75 bits per heavy atom. The molecule has 1 unspecified atom stereocenters. The molecular formula is C17H21N3. The summed E-state index contributed by atoms with van der Waals surface area (Å²) >= 11 is 0. The highest BCUT2D eigenvalue weighted by atomic mass is 15.3. The molecule has 1 atom stereocenters. The van der Waals surface area contributed by atoms with Crippen LogP contribution in [0, 0.1) is 0 Å². The number of likely N-dealkylation sites (N-methyl/N-ethyl adjacent to an activating group) is 1. The summed E-state index contributed by atoms with van der Waals surface area (Å²) in [5, 5.41) is 0. The third-order valence-electron chi connectivity index (χ3n) is 4.14.